The fourth-order valence-electron chi connectivity index (χ4n) is 1.03. The summed E-state index contributed by atoms with van der Waals surface area (Å²) < 4.78 is 18.1. The Labute approximate surface area is 75.3 Å². The van der Waals surface area contributed by atoms with Crippen molar-refractivity contribution in [1.29, 1.82) is 0 Å². The summed E-state index contributed by atoms with van der Waals surface area (Å²) in [6.07, 6.45) is 0. The molecule has 13 heavy (non-hydrogen) atoms. The normalized spacial score (nSPS) is 9.77. The van der Waals surface area contributed by atoms with E-state index in [-0.39, 0.29) is 22.8 Å². The molecule has 2 N–H and O–H groups in total. The molecular formula is C9H10FNO2. The van der Waals surface area contributed by atoms with Gasteiger partial charge in [0.15, 0.2) is 11.6 Å². The Balaban J connectivity index is 3.31. The summed E-state index contributed by atoms with van der Waals surface area (Å²) >= 11 is 0. The Morgan fingerprint density at radius 2 is 2.15 bits per heavy atom. The predicted molar refractivity (Wildman–Crippen MR) is 47.4 cm³/mol. The van der Waals surface area contributed by atoms with E-state index in [9.17, 15) is 9.18 Å². The molecule has 0 unspecified atom stereocenters. The topological polar surface area (TPSA) is 52.3 Å². The molecule has 0 amide bonds. The molecule has 3 nitrogen and oxygen atoms in total. The third-order valence-corrected chi connectivity index (χ3v) is 1.74. The number of nitrogen functional groups attached to an aromatic ring is 1. The van der Waals surface area contributed by atoms with Crippen LogP contribution in [0, 0.1) is 5.82 Å². The van der Waals surface area contributed by atoms with Gasteiger partial charge in [-0.3, -0.25) is 4.79 Å². The molecule has 0 spiro atoms. The van der Waals surface area contributed by atoms with Gasteiger partial charge >= 0.3 is 0 Å². The van der Waals surface area contributed by atoms with E-state index in [2.05, 4.69) is 0 Å². The quantitative estimate of drug-likeness (QED) is 0.560. The highest BCUT2D eigenvalue weighted by Crippen LogP contribution is 2.26. The van der Waals surface area contributed by atoms with Crippen molar-refractivity contribution in [3.63, 3.8) is 0 Å². The molecule has 0 saturated carbocycles. The summed E-state index contributed by atoms with van der Waals surface area (Å²) in [6.45, 7) is 1.28. The number of benzene rings is 1. The largest absolute Gasteiger partial charge is 0.494 e. The smallest absolute Gasteiger partial charge is 0.162 e. The monoisotopic (exact) mass is 183 g/mol. The fraction of sp³-hybridized carbons (Fsp3) is 0.222. The lowest BCUT2D eigenvalue weighted by molar-refractivity contribution is 0.101. The van der Waals surface area contributed by atoms with Gasteiger partial charge in [0.1, 0.15) is 11.4 Å². The van der Waals surface area contributed by atoms with Crippen LogP contribution in [0.2, 0.25) is 0 Å². The maximum atomic E-state index is 13.3. The zero-order valence-corrected chi connectivity index (χ0v) is 7.43. The fourth-order valence-corrected chi connectivity index (χ4v) is 1.03. The maximum absolute atomic E-state index is 13.3. The van der Waals surface area contributed by atoms with Crippen LogP contribution in [0.5, 0.6) is 5.75 Å². The van der Waals surface area contributed by atoms with E-state index in [0.717, 1.165) is 0 Å². The van der Waals surface area contributed by atoms with Gasteiger partial charge in [0, 0.05) is 0 Å². The Hall–Kier alpha value is -1.58. The second-order valence-electron chi connectivity index (χ2n) is 2.60. The summed E-state index contributed by atoms with van der Waals surface area (Å²) in [4.78, 5) is 10.9. The molecular weight excluding hydrogens is 173 g/mol. The number of methoxy groups -OCH3 is 1. The van der Waals surface area contributed by atoms with Crippen LogP contribution in [-0.4, -0.2) is 12.9 Å². The molecule has 1 aromatic rings. The first-order chi connectivity index (χ1) is 6.07. The van der Waals surface area contributed by atoms with Crippen molar-refractivity contribution in [3.8, 4) is 5.75 Å². The second-order valence-corrected chi connectivity index (χ2v) is 2.60. The molecule has 70 valence electrons. The molecule has 4 heteroatoms. The van der Waals surface area contributed by atoms with Gasteiger partial charge in [0.05, 0.1) is 12.7 Å². The van der Waals surface area contributed by atoms with Gasteiger partial charge in [-0.05, 0) is 19.1 Å². The molecule has 0 radical (unpaired) electrons. The number of anilines is 1. The molecule has 0 heterocycles. The number of hydrogen-bond donors (Lipinski definition) is 1. The lowest BCUT2D eigenvalue weighted by atomic mass is 10.1. The molecule has 1 rings (SSSR count). The van der Waals surface area contributed by atoms with Gasteiger partial charge < -0.3 is 10.5 Å². The van der Waals surface area contributed by atoms with Crippen LogP contribution in [0.15, 0.2) is 12.1 Å². The zero-order chi connectivity index (χ0) is 10.0. The van der Waals surface area contributed by atoms with Gasteiger partial charge in [0.2, 0.25) is 0 Å². The number of Topliss-reactive ketones (excluding diaryl/α,β-unsaturated/α-hetero) is 1. The minimum absolute atomic E-state index is 0.0155. The van der Waals surface area contributed by atoms with Crippen LogP contribution in [-0.2, 0) is 0 Å². The number of ether oxygens (including phenoxy) is 1. The SMILES string of the molecule is COc1ccc(C(C)=O)c(F)c1N. The standard InChI is InChI=1S/C9H10FNO2/c1-5(12)6-3-4-7(13-2)9(11)8(6)10/h3-4H,11H2,1-2H3. The van der Waals surface area contributed by atoms with Crippen molar-refractivity contribution >= 4 is 11.5 Å². The van der Waals surface area contributed by atoms with Crippen molar-refractivity contribution in [2.24, 2.45) is 0 Å². The van der Waals surface area contributed by atoms with Crippen LogP contribution in [0.3, 0.4) is 0 Å². The van der Waals surface area contributed by atoms with Crippen LogP contribution >= 0.6 is 0 Å². The molecule has 0 aliphatic carbocycles. The van der Waals surface area contributed by atoms with Crippen LogP contribution < -0.4 is 10.5 Å². The molecule has 0 aromatic heterocycles. The van der Waals surface area contributed by atoms with E-state index < -0.39 is 5.82 Å². The first-order valence-electron chi connectivity index (χ1n) is 3.70. The Kier molecular flexibility index (Phi) is 2.51. The van der Waals surface area contributed by atoms with Crippen molar-refractivity contribution in [1.82, 2.24) is 0 Å². The molecule has 1 aromatic carbocycles. The van der Waals surface area contributed by atoms with Gasteiger partial charge in [-0.25, -0.2) is 4.39 Å². The molecule has 0 aliphatic rings. The summed E-state index contributed by atoms with van der Waals surface area (Å²) in [5, 5.41) is 0. The van der Waals surface area contributed by atoms with E-state index in [0.29, 0.717) is 0 Å². The van der Waals surface area contributed by atoms with Gasteiger partial charge in [0.25, 0.3) is 0 Å². The van der Waals surface area contributed by atoms with Crippen molar-refractivity contribution < 1.29 is 13.9 Å². The molecule has 0 bridgehead atoms. The summed E-state index contributed by atoms with van der Waals surface area (Å²) in [6, 6.07) is 2.82. The minimum Gasteiger partial charge on any atom is -0.494 e. The number of hydrogen-bond acceptors (Lipinski definition) is 3. The summed E-state index contributed by atoms with van der Waals surface area (Å²) in [5.74, 6) is -0.832. The van der Waals surface area contributed by atoms with Crippen molar-refractivity contribution in [2.45, 2.75) is 6.92 Å². The van der Waals surface area contributed by atoms with E-state index in [4.69, 9.17) is 10.5 Å². The molecule has 0 saturated heterocycles. The highest BCUT2D eigenvalue weighted by molar-refractivity contribution is 5.95. The number of ketones is 1. The molecule has 0 atom stereocenters. The second kappa shape index (κ2) is 3.43. The predicted octanol–water partition coefficient (Wildman–Crippen LogP) is 1.62. The van der Waals surface area contributed by atoms with Gasteiger partial charge in [-0.15, -0.1) is 0 Å². The average Bonchev–Trinajstić information content (AvgIpc) is 2.09. The van der Waals surface area contributed by atoms with Crippen LogP contribution in [0.25, 0.3) is 0 Å². The number of halogens is 1. The van der Waals surface area contributed by atoms with E-state index in [1.807, 2.05) is 0 Å². The van der Waals surface area contributed by atoms with Gasteiger partial charge in [-0.2, -0.15) is 0 Å². The Morgan fingerprint density at radius 3 is 2.62 bits per heavy atom. The molecule has 0 aliphatic heterocycles. The summed E-state index contributed by atoms with van der Waals surface area (Å²) in [5.41, 5.74) is 5.23. The van der Waals surface area contributed by atoms with Crippen molar-refractivity contribution in [3.05, 3.63) is 23.5 Å². The highest BCUT2D eigenvalue weighted by atomic mass is 19.1. The van der Waals surface area contributed by atoms with E-state index in [1.54, 1.807) is 0 Å². The van der Waals surface area contributed by atoms with Crippen LogP contribution in [0.1, 0.15) is 17.3 Å². The lowest BCUT2D eigenvalue weighted by Gasteiger charge is -2.06. The summed E-state index contributed by atoms with van der Waals surface area (Å²) in [7, 11) is 1.39. The average molecular weight is 183 g/mol. The maximum Gasteiger partial charge on any atom is 0.162 e. The third-order valence-electron chi connectivity index (χ3n) is 1.74. The molecule has 0 fully saturated rings. The number of carbonyl (C=O) groups is 1. The number of carbonyl (C=O) groups excluding carboxylic acids is 1. The van der Waals surface area contributed by atoms with Crippen molar-refractivity contribution in [2.75, 3.05) is 12.8 Å². The first-order valence-corrected chi connectivity index (χ1v) is 3.70. The lowest BCUT2D eigenvalue weighted by Crippen LogP contribution is -2.03. The first kappa shape index (κ1) is 9.51. The number of rotatable bonds is 2. The van der Waals surface area contributed by atoms with E-state index >= 15 is 0 Å². The zero-order valence-electron chi connectivity index (χ0n) is 7.43. The van der Waals surface area contributed by atoms with E-state index in [1.165, 1.54) is 26.2 Å². The minimum atomic E-state index is -0.716. The Morgan fingerprint density at radius 1 is 1.54 bits per heavy atom. The van der Waals surface area contributed by atoms with Gasteiger partial charge in [-0.1, -0.05) is 0 Å². The third kappa shape index (κ3) is 1.61. The van der Waals surface area contributed by atoms with Crippen LogP contribution in [0.4, 0.5) is 10.1 Å². The highest BCUT2D eigenvalue weighted by Gasteiger charge is 2.13. The Bertz CT molecular complexity index is 350. The number of nitrogens with two attached hydrogens (primary N) is 1.